The molecule has 0 aromatic carbocycles. The van der Waals surface area contributed by atoms with Crippen LogP contribution in [0, 0.1) is 0 Å². The van der Waals surface area contributed by atoms with E-state index in [1.165, 1.54) is 4.88 Å². The molecule has 0 aliphatic heterocycles. The molecule has 2 heteroatoms. The van der Waals surface area contributed by atoms with Crippen molar-refractivity contribution in [1.82, 2.24) is 0 Å². The number of ketones is 1. The van der Waals surface area contributed by atoms with Gasteiger partial charge in [-0.05, 0) is 23.1 Å². The van der Waals surface area contributed by atoms with E-state index < -0.39 is 0 Å². The van der Waals surface area contributed by atoms with Gasteiger partial charge in [-0.2, -0.15) is 0 Å². The van der Waals surface area contributed by atoms with Crippen LogP contribution in [0.5, 0.6) is 0 Å². The van der Waals surface area contributed by atoms with Gasteiger partial charge in [-0.25, -0.2) is 0 Å². The fourth-order valence-corrected chi connectivity index (χ4v) is 1.96. The first-order valence-corrected chi connectivity index (χ1v) is 4.68. The summed E-state index contributed by atoms with van der Waals surface area (Å²) in [7, 11) is 0. The Kier molecular flexibility index (Phi) is 1.92. The summed E-state index contributed by atoms with van der Waals surface area (Å²) < 4.78 is 0. The van der Waals surface area contributed by atoms with Crippen molar-refractivity contribution in [3.63, 3.8) is 0 Å². The maximum atomic E-state index is 11.0. The van der Waals surface area contributed by atoms with Crippen LogP contribution < -0.4 is 0 Å². The lowest BCUT2D eigenvalue weighted by Crippen LogP contribution is -1.97. The predicted molar refractivity (Wildman–Crippen MR) is 51.1 cm³/mol. The van der Waals surface area contributed by atoms with Gasteiger partial charge in [0.1, 0.15) is 0 Å². The van der Waals surface area contributed by atoms with Crippen LogP contribution in [0.1, 0.15) is 11.3 Å². The molecule has 0 spiro atoms. The second-order valence-corrected chi connectivity index (χ2v) is 3.62. The Hall–Kier alpha value is -1.15. The zero-order chi connectivity index (χ0) is 8.39. The molecule has 1 aromatic rings. The minimum absolute atomic E-state index is 0.195. The predicted octanol–water partition coefficient (Wildman–Crippen LogP) is 2.66. The Bertz CT molecular complexity index is 344. The highest BCUT2D eigenvalue weighted by atomic mass is 32.1. The van der Waals surface area contributed by atoms with E-state index in [-0.39, 0.29) is 5.78 Å². The summed E-state index contributed by atoms with van der Waals surface area (Å²) in [6, 6.07) is 4.05. The van der Waals surface area contributed by atoms with Crippen molar-refractivity contribution in [3.05, 3.63) is 40.6 Å². The molecular formula is C10H8OS. The molecule has 2 rings (SSSR count). The maximum Gasteiger partial charge on any atom is 0.160 e. The second-order valence-electron chi connectivity index (χ2n) is 2.67. The minimum atomic E-state index is 0.195. The zero-order valence-corrected chi connectivity index (χ0v) is 7.30. The van der Waals surface area contributed by atoms with E-state index in [4.69, 9.17) is 0 Å². The Morgan fingerprint density at radius 3 is 3.00 bits per heavy atom. The van der Waals surface area contributed by atoms with Crippen molar-refractivity contribution in [2.75, 3.05) is 0 Å². The van der Waals surface area contributed by atoms with Gasteiger partial charge in [-0.1, -0.05) is 18.2 Å². The van der Waals surface area contributed by atoms with Crippen molar-refractivity contribution < 1.29 is 4.79 Å². The molecule has 1 aliphatic carbocycles. The van der Waals surface area contributed by atoms with Crippen LogP contribution in [0.3, 0.4) is 0 Å². The number of hydrogen-bond donors (Lipinski definition) is 0. The van der Waals surface area contributed by atoms with Gasteiger partial charge >= 0.3 is 0 Å². The number of carbonyl (C=O) groups excluding carboxylic acids is 1. The summed E-state index contributed by atoms with van der Waals surface area (Å²) in [4.78, 5) is 12.2. The van der Waals surface area contributed by atoms with Crippen molar-refractivity contribution >= 4 is 22.7 Å². The average Bonchev–Trinajstić information content (AvgIpc) is 2.56. The first-order chi connectivity index (χ1) is 5.86. The summed E-state index contributed by atoms with van der Waals surface area (Å²) in [5.74, 6) is 0.195. The highest BCUT2D eigenvalue weighted by molar-refractivity contribution is 7.11. The minimum Gasteiger partial charge on any atom is -0.294 e. The number of allylic oxidation sites excluding steroid dienone is 4. The van der Waals surface area contributed by atoms with Gasteiger partial charge in [0.05, 0.1) is 0 Å². The molecule has 0 fully saturated rings. The van der Waals surface area contributed by atoms with Crippen LogP contribution in [0.4, 0.5) is 0 Å². The Balaban J connectivity index is 2.31. The van der Waals surface area contributed by atoms with E-state index in [2.05, 4.69) is 0 Å². The van der Waals surface area contributed by atoms with Gasteiger partial charge in [0.15, 0.2) is 5.78 Å². The number of hydrogen-bond acceptors (Lipinski definition) is 2. The lowest BCUT2D eigenvalue weighted by atomic mass is 10.0. The monoisotopic (exact) mass is 176 g/mol. The lowest BCUT2D eigenvalue weighted by Gasteiger charge is -2.04. The summed E-state index contributed by atoms with van der Waals surface area (Å²) in [6.45, 7) is 0. The van der Waals surface area contributed by atoms with Gasteiger partial charge in [0.25, 0.3) is 0 Å². The smallest absolute Gasteiger partial charge is 0.160 e. The number of carbonyl (C=O) groups is 1. The molecule has 0 saturated heterocycles. The highest BCUT2D eigenvalue weighted by Crippen LogP contribution is 2.25. The molecule has 0 bridgehead atoms. The standard InChI is InChI=1S/C10H8OS/c11-9-4-1-3-8(7-9)10-5-2-6-12-10/h1-6H,7H2. The van der Waals surface area contributed by atoms with Gasteiger partial charge in [0.2, 0.25) is 0 Å². The largest absolute Gasteiger partial charge is 0.294 e. The van der Waals surface area contributed by atoms with Crippen LogP contribution in [-0.2, 0) is 4.79 Å². The van der Waals surface area contributed by atoms with E-state index in [1.807, 2.05) is 29.7 Å². The SMILES string of the molecule is O=C1C=CC=C(c2cccs2)C1. The number of thiophene rings is 1. The molecule has 0 amide bonds. The van der Waals surface area contributed by atoms with Gasteiger partial charge in [-0.15, -0.1) is 11.3 Å². The van der Waals surface area contributed by atoms with Crippen LogP contribution >= 0.6 is 11.3 Å². The van der Waals surface area contributed by atoms with Crippen LogP contribution in [0.2, 0.25) is 0 Å². The summed E-state index contributed by atoms with van der Waals surface area (Å²) in [5.41, 5.74) is 1.14. The van der Waals surface area contributed by atoms with Gasteiger partial charge in [-0.3, -0.25) is 4.79 Å². The van der Waals surface area contributed by atoms with E-state index in [0.29, 0.717) is 6.42 Å². The van der Waals surface area contributed by atoms with Gasteiger partial charge in [0, 0.05) is 11.3 Å². The molecule has 0 unspecified atom stereocenters. The Labute approximate surface area is 75.0 Å². The van der Waals surface area contributed by atoms with E-state index in [1.54, 1.807) is 17.4 Å². The summed E-state index contributed by atoms with van der Waals surface area (Å²) in [5, 5.41) is 2.03. The molecule has 0 atom stereocenters. The lowest BCUT2D eigenvalue weighted by molar-refractivity contribution is -0.113. The highest BCUT2D eigenvalue weighted by Gasteiger charge is 2.08. The van der Waals surface area contributed by atoms with Gasteiger partial charge < -0.3 is 0 Å². The van der Waals surface area contributed by atoms with Crippen molar-refractivity contribution in [2.24, 2.45) is 0 Å². The Morgan fingerprint density at radius 2 is 2.33 bits per heavy atom. The molecule has 60 valence electrons. The van der Waals surface area contributed by atoms with E-state index in [9.17, 15) is 4.79 Å². The van der Waals surface area contributed by atoms with Crippen molar-refractivity contribution in [3.8, 4) is 0 Å². The molecular weight excluding hydrogens is 168 g/mol. The Morgan fingerprint density at radius 1 is 1.42 bits per heavy atom. The van der Waals surface area contributed by atoms with Crippen LogP contribution in [-0.4, -0.2) is 5.78 Å². The third-order valence-electron chi connectivity index (χ3n) is 1.78. The molecule has 0 saturated carbocycles. The maximum absolute atomic E-state index is 11.0. The van der Waals surface area contributed by atoms with E-state index >= 15 is 0 Å². The fourth-order valence-electron chi connectivity index (χ4n) is 1.21. The molecule has 12 heavy (non-hydrogen) atoms. The molecule has 1 aromatic heterocycles. The quantitative estimate of drug-likeness (QED) is 0.643. The normalized spacial score (nSPS) is 16.3. The summed E-state index contributed by atoms with van der Waals surface area (Å²) in [6.07, 6.45) is 6.00. The fraction of sp³-hybridized carbons (Fsp3) is 0.100. The molecule has 0 radical (unpaired) electrons. The van der Waals surface area contributed by atoms with Crippen LogP contribution in [0.25, 0.3) is 5.57 Å². The third-order valence-corrected chi connectivity index (χ3v) is 2.73. The average molecular weight is 176 g/mol. The molecule has 1 nitrogen and oxygen atoms in total. The van der Waals surface area contributed by atoms with Crippen molar-refractivity contribution in [1.29, 1.82) is 0 Å². The first-order valence-electron chi connectivity index (χ1n) is 3.80. The molecule has 1 aliphatic rings. The topological polar surface area (TPSA) is 17.1 Å². The van der Waals surface area contributed by atoms with Crippen molar-refractivity contribution in [2.45, 2.75) is 6.42 Å². The van der Waals surface area contributed by atoms with Crippen LogP contribution in [0.15, 0.2) is 35.7 Å². The zero-order valence-electron chi connectivity index (χ0n) is 6.49. The number of rotatable bonds is 1. The second kappa shape index (κ2) is 3.07. The van der Waals surface area contributed by atoms with E-state index in [0.717, 1.165) is 5.57 Å². The summed E-state index contributed by atoms with van der Waals surface area (Å²) >= 11 is 1.68. The third kappa shape index (κ3) is 1.38. The molecule has 1 heterocycles. The first kappa shape index (κ1) is 7.50. The molecule has 0 N–H and O–H groups in total.